The molecule has 3 heterocycles. The van der Waals surface area contributed by atoms with E-state index in [2.05, 4.69) is 142 Å². The molecule has 0 spiro atoms. The average Bonchev–Trinajstić information content (AvgIpc) is 3.66. The molecule has 0 atom stereocenters. The van der Waals surface area contributed by atoms with Gasteiger partial charge in [0.15, 0.2) is 11.5 Å². The van der Waals surface area contributed by atoms with Crippen LogP contribution >= 0.6 is 0 Å². The summed E-state index contributed by atoms with van der Waals surface area (Å²) >= 11 is 0. The molecule has 4 nitrogen and oxygen atoms in total. The highest BCUT2D eigenvalue weighted by Gasteiger charge is 2.17. The van der Waals surface area contributed by atoms with Crippen LogP contribution in [0.25, 0.3) is 82.8 Å². The molecule has 4 heteroatoms. The van der Waals surface area contributed by atoms with E-state index in [1.54, 1.807) is 0 Å². The summed E-state index contributed by atoms with van der Waals surface area (Å²) in [6, 6.07) is 46.6. The minimum atomic E-state index is 0.811. The van der Waals surface area contributed by atoms with Gasteiger partial charge in [0.05, 0.1) is 0 Å². The molecule has 0 fully saturated rings. The van der Waals surface area contributed by atoms with Gasteiger partial charge in [-0.1, -0.05) is 127 Å². The van der Waals surface area contributed by atoms with Crippen molar-refractivity contribution in [3.8, 4) is 33.6 Å². The van der Waals surface area contributed by atoms with Crippen LogP contribution in [-0.2, 0) is 0 Å². The zero-order chi connectivity index (χ0) is 27.6. The third kappa shape index (κ3) is 3.36. The monoisotopic (exact) mass is 537 g/mol. The van der Waals surface area contributed by atoms with Crippen molar-refractivity contribution in [1.82, 2.24) is 14.6 Å². The number of para-hydroxylation sites is 2. The highest BCUT2D eigenvalue weighted by molar-refractivity contribution is 6.10. The van der Waals surface area contributed by atoms with E-state index in [-0.39, 0.29) is 0 Å². The molecule has 0 N–H and O–H groups in total. The van der Waals surface area contributed by atoms with Crippen molar-refractivity contribution in [3.05, 3.63) is 140 Å². The molecular formula is C38H23N3O. The van der Waals surface area contributed by atoms with E-state index < -0.39 is 0 Å². The number of pyridine rings is 1. The Bertz CT molecular complexity index is 2460. The smallest absolute Gasteiger partial charge is 0.169 e. The Balaban J connectivity index is 1.22. The topological polar surface area (TPSA) is 43.3 Å². The fraction of sp³-hybridized carbons (Fsp3) is 0. The first kappa shape index (κ1) is 23.0. The van der Waals surface area contributed by atoms with Gasteiger partial charge in [-0.3, -0.25) is 4.40 Å². The van der Waals surface area contributed by atoms with Gasteiger partial charge >= 0.3 is 0 Å². The Morgan fingerprint density at radius 3 is 1.98 bits per heavy atom. The Morgan fingerprint density at radius 2 is 1.10 bits per heavy atom. The second-order valence-electron chi connectivity index (χ2n) is 10.7. The molecule has 0 radical (unpaired) electrons. The van der Waals surface area contributed by atoms with Crippen LogP contribution in [0.2, 0.25) is 0 Å². The zero-order valence-corrected chi connectivity index (χ0v) is 22.5. The largest absolute Gasteiger partial charge is 0.455 e. The quantitative estimate of drug-likeness (QED) is 0.225. The van der Waals surface area contributed by atoms with Crippen LogP contribution in [0.5, 0.6) is 0 Å². The third-order valence-electron chi connectivity index (χ3n) is 8.35. The minimum Gasteiger partial charge on any atom is -0.455 e. The maximum Gasteiger partial charge on any atom is 0.169 e. The van der Waals surface area contributed by atoms with Gasteiger partial charge in [-0.25, -0.2) is 0 Å². The standard InChI is InChI=1S/C38H23N3O/c1-2-11-27-24(9-1)10-7-16-29(27)34-23-41-37(39-40-38(41)33-14-4-3-12-30(33)34)26-21-19-25(20-22-26)28-15-8-17-32-31-13-5-6-18-35(31)42-36(28)32/h1-23H. The predicted octanol–water partition coefficient (Wildman–Crippen LogP) is 9.94. The van der Waals surface area contributed by atoms with E-state index in [0.717, 1.165) is 66.4 Å². The van der Waals surface area contributed by atoms with Gasteiger partial charge in [0, 0.05) is 39.0 Å². The summed E-state index contributed by atoms with van der Waals surface area (Å²) in [7, 11) is 0. The van der Waals surface area contributed by atoms with Gasteiger partial charge in [0.1, 0.15) is 11.2 Å². The van der Waals surface area contributed by atoms with Gasteiger partial charge in [-0.05, 0) is 33.4 Å². The number of rotatable bonds is 3. The molecule has 0 bridgehead atoms. The van der Waals surface area contributed by atoms with Crippen LogP contribution < -0.4 is 0 Å². The van der Waals surface area contributed by atoms with E-state index in [1.807, 2.05) is 12.1 Å². The Hall–Kier alpha value is -5.74. The molecule has 0 aliphatic heterocycles. The summed E-state index contributed by atoms with van der Waals surface area (Å²) in [6.45, 7) is 0. The highest BCUT2D eigenvalue weighted by Crippen LogP contribution is 2.38. The van der Waals surface area contributed by atoms with Gasteiger partial charge in [-0.15, -0.1) is 10.2 Å². The molecule has 42 heavy (non-hydrogen) atoms. The fourth-order valence-corrected chi connectivity index (χ4v) is 6.35. The van der Waals surface area contributed by atoms with Gasteiger partial charge < -0.3 is 4.42 Å². The molecular weight excluding hydrogens is 514 g/mol. The van der Waals surface area contributed by atoms with E-state index in [4.69, 9.17) is 4.42 Å². The number of hydrogen-bond donors (Lipinski definition) is 0. The summed E-state index contributed by atoms with van der Waals surface area (Å²) < 4.78 is 8.43. The number of nitrogens with zero attached hydrogens (tertiary/aromatic N) is 3. The van der Waals surface area contributed by atoms with Crippen molar-refractivity contribution in [2.24, 2.45) is 0 Å². The maximum absolute atomic E-state index is 6.30. The second-order valence-corrected chi connectivity index (χ2v) is 10.7. The van der Waals surface area contributed by atoms with Crippen molar-refractivity contribution in [1.29, 1.82) is 0 Å². The fourth-order valence-electron chi connectivity index (χ4n) is 6.35. The van der Waals surface area contributed by atoms with Crippen LogP contribution in [0.3, 0.4) is 0 Å². The molecule has 0 aliphatic rings. The van der Waals surface area contributed by atoms with E-state index >= 15 is 0 Å². The van der Waals surface area contributed by atoms with Crippen molar-refractivity contribution in [2.75, 3.05) is 0 Å². The predicted molar refractivity (Wildman–Crippen MR) is 172 cm³/mol. The van der Waals surface area contributed by atoms with Crippen LogP contribution in [0, 0.1) is 0 Å². The van der Waals surface area contributed by atoms with E-state index in [0.29, 0.717) is 0 Å². The molecule has 196 valence electrons. The Labute approximate surface area is 241 Å². The minimum absolute atomic E-state index is 0.811. The van der Waals surface area contributed by atoms with Gasteiger partial charge in [-0.2, -0.15) is 0 Å². The lowest BCUT2D eigenvalue weighted by Crippen LogP contribution is -1.94. The summed E-state index contributed by atoms with van der Waals surface area (Å²) in [5.74, 6) is 0.811. The average molecular weight is 538 g/mol. The molecule has 6 aromatic carbocycles. The SMILES string of the molecule is c1ccc2c(-c3cn4c(-c5ccc(-c6cccc7c6oc6ccccc67)cc5)nnc4c4ccccc34)cccc2c1. The number of fused-ring (bicyclic) bond motifs is 7. The van der Waals surface area contributed by atoms with E-state index in [1.165, 1.54) is 16.3 Å². The lowest BCUT2D eigenvalue weighted by Gasteiger charge is -2.12. The van der Waals surface area contributed by atoms with Crippen molar-refractivity contribution in [3.63, 3.8) is 0 Å². The molecule has 0 saturated heterocycles. The van der Waals surface area contributed by atoms with Crippen LogP contribution in [0.4, 0.5) is 0 Å². The molecule has 0 saturated carbocycles. The Kier molecular flexibility index (Phi) is 4.87. The van der Waals surface area contributed by atoms with E-state index in [9.17, 15) is 0 Å². The zero-order valence-electron chi connectivity index (χ0n) is 22.5. The first-order chi connectivity index (χ1) is 20.8. The maximum atomic E-state index is 6.30. The second kappa shape index (κ2) is 8.88. The summed E-state index contributed by atoms with van der Waals surface area (Å²) in [6.07, 6.45) is 2.19. The molecule has 9 rings (SSSR count). The van der Waals surface area contributed by atoms with Crippen molar-refractivity contribution in [2.45, 2.75) is 0 Å². The highest BCUT2D eigenvalue weighted by atomic mass is 16.3. The van der Waals surface area contributed by atoms with Gasteiger partial charge in [0.25, 0.3) is 0 Å². The van der Waals surface area contributed by atoms with Crippen molar-refractivity contribution >= 4 is 49.1 Å². The number of aromatic nitrogens is 3. The number of furan rings is 1. The Morgan fingerprint density at radius 1 is 0.452 bits per heavy atom. The lowest BCUT2D eigenvalue weighted by molar-refractivity contribution is 0.670. The molecule has 0 aliphatic carbocycles. The first-order valence-electron chi connectivity index (χ1n) is 14.1. The third-order valence-corrected chi connectivity index (χ3v) is 8.35. The van der Waals surface area contributed by atoms with Crippen LogP contribution in [0.15, 0.2) is 144 Å². The summed E-state index contributed by atoms with van der Waals surface area (Å²) in [5, 5.41) is 16.3. The normalized spacial score (nSPS) is 11.8. The summed E-state index contributed by atoms with van der Waals surface area (Å²) in [5.41, 5.74) is 8.18. The molecule has 0 unspecified atom stereocenters. The first-order valence-corrected chi connectivity index (χ1v) is 14.1. The number of benzene rings is 6. The van der Waals surface area contributed by atoms with Crippen LogP contribution in [0.1, 0.15) is 0 Å². The lowest BCUT2D eigenvalue weighted by atomic mass is 9.95. The van der Waals surface area contributed by atoms with Crippen molar-refractivity contribution < 1.29 is 4.42 Å². The number of hydrogen-bond acceptors (Lipinski definition) is 3. The molecule has 3 aromatic heterocycles. The van der Waals surface area contributed by atoms with Gasteiger partial charge in [0.2, 0.25) is 0 Å². The van der Waals surface area contributed by atoms with Crippen LogP contribution in [-0.4, -0.2) is 14.6 Å². The molecule has 9 aromatic rings. The molecule has 0 amide bonds. The summed E-state index contributed by atoms with van der Waals surface area (Å²) in [4.78, 5) is 0.